The highest BCUT2D eigenvalue weighted by Crippen LogP contribution is 2.31. The maximum Gasteiger partial charge on any atom is 0.333 e. The van der Waals surface area contributed by atoms with Crippen LogP contribution in [0.3, 0.4) is 0 Å². The number of nitro groups is 1. The van der Waals surface area contributed by atoms with Crippen LogP contribution in [-0.2, 0) is 10.0 Å². The molecule has 11 heteroatoms. The number of Topliss-reactive ketones (excluding diaryl/α,β-unsaturated/α-hetero) is 1. The summed E-state index contributed by atoms with van der Waals surface area (Å²) in [4.78, 5) is 32.9. The van der Waals surface area contributed by atoms with Crippen molar-refractivity contribution in [2.45, 2.75) is 4.90 Å². The number of carbonyl (C=O) groups is 2. The van der Waals surface area contributed by atoms with Crippen molar-refractivity contribution in [3.63, 3.8) is 0 Å². The summed E-state index contributed by atoms with van der Waals surface area (Å²) in [5.41, 5.74) is 4.84. The number of carbonyl (C=O) groups excluding carboxylic acids is 2. The van der Waals surface area contributed by atoms with Gasteiger partial charge in [-0.3, -0.25) is 14.9 Å². The highest BCUT2D eigenvalue weighted by atomic mass is 35.5. The van der Waals surface area contributed by atoms with Crippen LogP contribution in [0.5, 0.6) is 0 Å². The second-order valence-electron chi connectivity index (χ2n) is 5.00. The summed E-state index contributed by atoms with van der Waals surface area (Å²) in [5, 5.41) is 10.1. The van der Waals surface area contributed by atoms with Crippen LogP contribution >= 0.6 is 11.6 Å². The first kappa shape index (κ1) is 19.3. The first-order valence-electron chi connectivity index (χ1n) is 6.99. The number of hydrogen-bond acceptors (Lipinski definition) is 6. The number of nitrogens with two attached hydrogens (primary N) is 1. The quantitative estimate of drug-likeness (QED) is 0.449. The van der Waals surface area contributed by atoms with Gasteiger partial charge in [0.05, 0.1) is 15.6 Å². The van der Waals surface area contributed by atoms with Crippen LogP contribution in [0.15, 0.2) is 53.4 Å². The Labute approximate surface area is 153 Å². The Morgan fingerprint density at radius 2 is 1.77 bits per heavy atom. The molecule has 0 aliphatic heterocycles. The largest absolute Gasteiger partial charge is 0.350 e. The number of ketones is 1. The summed E-state index contributed by atoms with van der Waals surface area (Å²) < 4.78 is 25.7. The fourth-order valence-corrected chi connectivity index (χ4v) is 3.80. The van der Waals surface area contributed by atoms with Gasteiger partial charge in [-0.1, -0.05) is 29.8 Å². The highest BCUT2D eigenvalue weighted by Gasteiger charge is 2.31. The Kier molecular flexibility index (Phi) is 5.58. The normalized spacial score (nSPS) is 11.0. The van der Waals surface area contributed by atoms with Gasteiger partial charge in [-0.15, -0.1) is 0 Å². The molecule has 2 N–H and O–H groups in total. The van der Waals surface area contributed by atoms with Gasteiger partial charge in [-0.25, -0.2) is 13.2 Å². The lowest BCUT2D eigenvalue weighted by molar-refractivity contribution is -0.465. The predicted molar refractivity (Wildman–Crippen MR) is 93.3 cm³/mol. The molecule has 0 atom stereocenters. The summed E-state index contributed by atoms with van der Waals surface area (Å²) in [6.45, 7) is -0.947. The van der Waals surface area contributed by atoms with Crippen LogP contribution in [0, 0.1) is 10.1 Å². The Morgan fingerprint density at radius 3 is 2.27 bits per heavy atom. The molecule has 9 nitrogen and oxygen atoms in total. The zero-order chi connectivity index (χ0) is 19.5. The number of benzene rings is 2. The van der Waals surface area contributed by atoms with Crippen molar-refractivity contribution in [3.05, 3.63) is 69.2 Å². The van der Waals surface area contributed by atoms with Gasteiger partial charge in [0, 0.05) is 10.5 Å². The lowest BCUT2D eigenvalue weighted by Crippen LogP contribution is -2.41. The number of primary amides is 1. The van der Waals surface area contributed by atoms with Crippen molar-refractivity contribution in [2.24, 2.45) is 5.73 Å². The Balaban J connectivity index is 2.51. The van der Waals surface area contributed by atoms with Crippen LogP contribution in [0.25, 0.3) is 0 Å². The van der Waals surface area contributed by atoms with Gasteiger partial charge in [-0.2, -0.15) is 4.31 Å². The molecular formula is C15H12ClN3O6S. The number of urea groups is 1. The standard InChI is InChI=1S/C15H12ClN3O6S/c16-12-8-10(14(20)9-18(22)23)6-7-13(12)19(15(17)21)26(24,25)11-4-2-1-3-5-11/h1-8H,9H2,(H2,17,21). The molecule has 0 bridgehead atoms. The molecule has 0 heterocycles. The van der Waals surface area contributed by atoms with Crippen LogP contribution in [-0.4, -0.2) is 31.7 Å². The molecule has 0 aromatic heterocycles. The molecule has 2 amide bonds. The molecule has 0 saturated heterocycles. The maximum absolute atomic E-state index is 12.7. The van der Waals surface area contributed by atoms with Gasteiger partial charge in [0.2, 0.25) is 5.78 Å². The summed E-state index contributed by atoms with van der Waals surface area (Å²) in [6.07, 6.45) is 0. The molecule has 2 aromatic rings. The van der Waals surface area contributed by atoms with Gasteiger partial charge in [0.25, 0.3) is 16.6 Å². The van der Waals surface area contributed by atoms with E-state index in [1.165, 1.54) is 24.3 Å². The van der Waals surface area contributed by atoms with Crippen molar-refractivity contribution < 1.29 is 22.9 Å². The minimum atomic E-state index is -4.35. The van der Waals surface area contributed by atoms with E-state index in [2.05, 4.69) is 0 Å². The van der Waals surface area contributed by atoms with Gasteiger partial charge < -0.3 is 5.73 Å². The second-order valence-corrected chi connectivity index (χ2v) is 7.19. The van der Waals surface area contributed by atoms with Crippen LogP contribution in [0.1, 0.15) is 10.4 Å². The molecule has 2 aromatic carbocycles. The molecule has 0 saturated carbocycles. The molecular weight excluding hydrogens is 386 g/mol. The van der Waals surface area contributed by atoms with Gasteiger partial charge in [-0.05, 0) is 30.3 Å². The number of rotatable bonds is 6. The summed E-state index contributed by atoms with van der Waals surface area (Å²) >= 11 is 6.01. The lowest BCUT2D eigenvalue weighted by Gasteiger charge is -2.21. The maximum atomic E-state index is 12.7. The first-order valence-corrected chi connectivity index (χ1v) is 8.80. The van der Waals surface area contributed by atoms with E-state index in [1.54, 1.807) is 6.07 Å². The Morgan fingerprint density at radius 1 is 1.15 bits per heavy atom. The molecule has 0 aliphatic carbocycles. The van der Waals surface area contributed by atoms with Gasteiger partial charge >= 0.3 is 6.03 Å². The minimum absolute atomic E-state index is 0.100. The number of hydrogen-bond donors (Lipinski definition) is 1. The summed E-state index contributed by atoms with van der Waals surface area (Å²) in [6, 6.07) is 9.02. The third-order valence-corrected chi connectivity index (χ3v) is 5.27. The van der Waals surface area contributed by atoms with E-state index in [4.69, 9.17) is 17.3 Å². The molecule has 0 spiro atoms. The van der Waals surface area contributed by atoms with Crippen LogP contribution < -0.4 is 10.0 Å². The zero-order valence-electron chi connectivity index (χ0n) is 13.0. The Bertz CT molecular complexity index is 978. The average molecular weight is 398 g/mol. The summed E-state index contributed by atoms with van der Waals surface area (Å²) in [7, 11) is -4.35. The number of sulfonamides is 1. The van der Waals surface area contributed by atoms with Gasteiger partial charge in [0.1, 0.15) is 0 Å². The van der Waals surface area contributed by atoms with E-state index in [1.807, 2.05) is 0 Å². The fraction of sp³-hybridized carbons (Fsp3) is 0.0667. The topological polar surface area (TPSA) is 141 Å². The molecule has 0 radical (unpaired) electrons. The fourth-order valence-electron chi connectivity index (χ4n) is 2.12. The van der Waals surface area contributed by atoms with E-state index in [0.29, 0.717) is 4.31 Å². The summed E-state index contributed by atoms with van der Waals surface area (Å²) in [5.74, 6) is -0.819. The predicted octanol–water partition coefficient (Wildman–Crippen LogP) is 2.07. The average Bonchev–Trinajstić information content (AvgIpc) is 2.56. The Hall–Kier alpha value is -2.98. The monoisotopic (exact) mass is 397 g/mol. The van der Waals surface area contributed by atoms with Crippen LogP contribution in [0.4, 0.5) is 10.5 Å². The number of amides is 2. The van der Waals surface area contributed by atoms with Crippen molar-refractivity contribution in [2.75, 3.05) is 10.8 Å². The molecule has 136 valence electrons. The molecule has 0 aliphatic rings. The number of halogens is 1. The SMILES string of the molecule is NC(=O)N(c1ccc(C(=O)C[N+](=O)[O-])cc1Cl)S(=O)(=O)c1ccccc1. The third kappa shape index (κ3) is 3.98. The third-order valence-electron chi connectivity index (χ3n) is 3.24. The smallest absolute Gasteiger partial charge is 0.333 e. The lowest BCUT2D eigenvalue weighted by atomic mass is 10.1. The number of anilines is 1. The van der Waals surface area contributed by atoms with Crippen molar-refractivity contribution in [3.8, 4) is 0 Å². The van der Waals surface area contributed by atoms with Gasteiger partial charge in [0.15, 0.2) is 0 Å². The van der Waals surface area contributed by atoms with E-state index in [-0.39, 0.29) is 21.2 Å². The van der Waals surface area contributed by atoms with E-state index >= 15 is 0 Å². The first-order chi connectivity index (χ1) is 12.1. The number of nitrogens with zero attached hydrogens (tertiary/aromatic N) is 2. The van der Waals surface area contributed by atoms with Crippen molar-refractivity contribution in [1.29, 1.82) is 0 Å². The minimum Gasteiger partial charge on any atom is -0.350 e. The molecule has 2 rings (SSSR count). The van der Waals surface area contributed by atoms with Crippen molar-refractivity contribution >= 4 is 39.1 Å². The second kappa shape index (κ2) is 7.50. The highest BCUT2D eigenvalue weighted by molar-refractivity contribution is 7.93. The molecule has 0 fully saturated rings. The van der Waals surface area contributed by atoms with Crippen molar-refractivity contribution in [1.82, 2.24) is 0 Å². The molecule has 26 heavy (non-hydrogen) atoms. The van der Waals surface area contributed by atoms with E-state index in [9.17, 15) is 28.1 Å². The van der Waals surface area contributed by atoms with Crippen LogP contribution in [0.2, 0.25) is 5.02 Å². The zero-order valence-corrected chi connectivity index (χ0v) is 14.6. The van der Waals surface area contributed by atoms with E-state index in [0.717, 1.165) is 18.2 Å². The molecule has 0 unspecified atom stereocenters. The van der Waals surface area contributed by atoms with E-state index < -0.39 is 33.3 Å².